The molecule has 2 unspecified atom stereocenters. The molecule has 0 saturated heterocycles. The number of rotatable bonds is 57. The van der Waals surface area contributed by atoms with E-state index in [2.05, 4.69) is 111 Å². The van der Waals surface area contributed by atoms with Crippen LogP contribution < -0.4 is 0 Å². The monoisotopic (exact) mass is 1080 g/mol. The minimum absolute atomic E-state index is 0.182. The van der Waals surface area contributed by atoms with Crippen LogP contribution in [0.15, 0.2) is 97.2 Å². The molecule has 0 aromatic heterocycles. The highest BCUT2D eigenvalue weighted by atomic mass is 16.7. The quantitative estimate of drug-likeness (QED) is 0.0211. The highest BCUT2D eigenvalue weighted by molar-refractivity contribution is 5.71. The summed E-state index contributed by atoms with van der Waals surface area (Å²) in [5.74, 6) is -2.02. The van der Waals surface area contributed by atoms with Gasteiger partial charge in [0.15, 0.2) is 6.10 Å². The van der Waals surface area contributed by atoms with Gasteiger partial charge in [0, 0.05) is 12.8 Å². The number of unbranched alkanes of at least 4 members (excludes halogenated alkanes) is 26. The molecule has 2 atom stereocenters. The Morgan fingerprint density at radius 3 is 1.12 bits per heavy atom. The number of esters is 2. The molecule has 442 valence electrons. The molecule has 77 heavy (non-hydrogen) atoms. The summed E-state index contributed by atoms with van der Waals surface area (Å²) in [7, 11) is 5.97. The van der Waals surface area contributed by atoms with E-state index in [1.807, 2.05) is 21.1 Å². The van der Waals surface area contributed by atoms with Crippen LogP contribution in [0.4, 0.5) is 0 Å². The maximum absolute atomic E-state index is 12.9. The Morgan fingerprint density at radius 2 is 0.740 bits per heavy atom. The van der Waals surface area contributed by atoms with Crippen LogP contribution in [-0.2, 0) is 33.3 Å². The number of hydrogen-bond donors (Lipinski definition) is 1. The van der Waals surface area contributed by atoms with Gasteiger partial charge in [-0.15, -0.1) is 0 Å². The van der Waals surface area contributed by atoms with Crippen molar-refractivity contribution in [2.75, 3.05) is 47.5 Å². The first-order chi connectivity index (χ1) is 37.6. The summed E-state index contributed by atoms with van der Waals surface area (Å²) in [6.07, 6.45) is 76.3. The van der Waals surface area contributed by atoms with E-state index >= 15 is 0 Å². The van der Waals surface area contributed by atoms with Gasteiger partial charge in [0.1, 0.15) is 13.2 Å². The van der Waals surface area contributed by atoms with E-state index in [1.54, 1.807) is 0 Å². The van der Waals surface area contributed by atoms with Crippen molar-refractivity contribution in [3.8, 4) is 0 Å². The second kappa shape index (κ2) is 58.4. The number of likely N-dealkylation sites (N-methyl/N-ethyl adjacent to an activating group) is 1. The molecular weight excluding hydrogens is 959 g/mol. The lowest BCUT2D eigenvalue weighted by Gasteiger charge is -2.25. The van der Waals surface area contributed by atoms with Crippen LogP contribution in [0.1, 0.15) is 258 Å². The summed E-state index contributed by atoms with van der Waals surface area (Å²) in [6.45, 7) is 4.76. The zero-order valence-corrected chi connectivity index (χ0v) is 50.3. The molecule has 0 aromatic rings. The average Bonchev–Trinajstić information content (AvgIpc) is 3.40. The number of carboxylic acids is 1. The normalized spacial score (nSPS) is 13.4. The molecule has 0 rings (SSSR count). The molecule has 0 bridgehead atoms. The van der Waals surface area contributed by atoms with Crippen molar-refractivity contribution in [2.45, 2.75) is 270 Å². The fraction of sp³-hybridized carbons (Fsp3) is 0.721. The van der Waals surface area contributed by atoms with Crippen LogP contribution in [0.5, 0.6) is 0 Å². The topological polar surface area (TPSA) is 108 Å². The van der Waals surface area contributed by atoms with Crippen LogP contribution in [-0.4, -0.2) is 87.4 Å². The second-order valence-electron chi connectivity index (χ2n) is 22.0. The van der Waals surface area contributed by atoms with E-state index in [0.29, 0.717) is 23.9 Å². The molecule has 0 spiro atoms. The van der Waals surface area contributed by atoms with Crippen molar-refractivity contribution in [3.63, 3.8) is 0 Å². The van der Waals surface area contributed by atoms with Gasteiger partial charge in [0.2, 0.25) is 0 Å². The van der Waals surface area contributed by atoms with Crippen molar-refractivity contribution in [2.24, 2.45) is 0 Å². The summed E-state index contributed by atoms with van der Waals surface area (Å²) in [4.78, 5) is 37.5. The third kappa shape index (κ3) is 59.7. The smallest absolute Gasteiger partial charge is 0.361 e. The molecule has 0 aromatic carbocycles. The summed E-state index contributed by atoms with van der Waals surface area (Å²) >= 11 is 0. The fourth-order valence-electron chi connectivity index (χ4n) is 8.52. The maximum atomic E-state index is 12.9. The van der Waals surface area contributed by atoms with Crippen LogP contribution in [0, 0.1) is 0 Å². The minimum atomic E-state index is -1.52. The zero-order valence-electron chi connectivity index (χ0n) is 50.3. The number of aliphatic carboxylic acids is 1. The van der Waals surface area contributed by atoms with E-state index in [9.17, 15) is 19.5 Å². The van der Waals surface area contributed by atoms with E-state index in [0.717, 1.165) is 89.9 Å². The molecule has 0 amide bonds. The molecule has 0 radical (unpaired) electrons. The van der Waals surface area contributed by atoms with Crippen molar-refractivity contribution < 1.29 is 42.9 Å². The van der Waals surface area contributed by atoms with E-state index in [4.69, 9.17) is 18.9 Å². The number of carbonyl (C=O) groups is 3. The van der Waals surface area contributed by atoms with Crippen molar-refractivity contribution in [3.05, 3.63) is 97.2 Å². The Bertz CT molecular complexity index is 1580. The SMILES string of the molecule is CC/C=C\C/C=C\C/C=C\C/C=C\C/C=C\C/C=C\C/C=C\CCCCCCCCCCCC(=O)OC(COC(=O)CCCCCCCCCCC/C=C\CCCCCCCCCC)COC(OCC[N+](C)(C)C)C(=O)O. The van der Waals surface area contributed by atoms with E-state index < -0.39 is 24.3 Å². The van der Waals surface area contributed by atoms with Gasteiger partial charge < -0.3 is 28.5 Å². The Kier molecular flexibility index (Phi) is 55.5. The van der Waals surface area contributed by atoms with Crippen molar-refractivity contribution >= 4 is 17.9 Å². The highest BCUT2D eigenvalue weighted by Crippen LogP contribution is 2.16. The molecule has 0 aliphatic heterocycles. The Labute approximate surface area is 473 Å². The summed E-state index contributed by atoms with van der Waals surface area (Å²) in [6, 6.07) is 0. The number of ether oxygens (including phenoxy) is 4. The van der Waals surface area contributed by atoms with Gasteiger partial charge in [0.25, 0.3) is 6.29 Å². The molecule has 0 fully saturated rings. The van der Waals surface area contributed by atoms with Crippen molar-refractivity contribution in [1.29, 1.82) is 0 Å². The third-order valence-corrected chi connectivity index (χ3v) is 13.3. The Balaban J connectivity index is 4.23. The van der Waals surface area contributed by atoms with Crippen LogP contribution in [0.3, 0.4) is 0 Å². The lowest BCUT2D eigenvalue weighted by molar-refractivity contribution is -0.870. The molecule has 0 heterocycles. The number of carboxylic acid groups (broad SMARTS) is 1. The lowest BCUT2D eigenvalue weighted by atomic mass is 10.1. The van der Waals surface area contributed by atoms with Gasteiger partial charge in [-0.2, -0.15) is 0 Å². The molecular formula is C68H118NO8+. The van der Waals surface area contributed by atoms with Crippen LogP contribution in [0.25, 0.3) is 0 Å². The van der Waals surface area contributed by atoms with Gasteiger partial charge in [-0.25, -0.2) is 4.79 Å². The van der Waals surface area contributed by atoms with Crippen molar-refractivity contribution in [1.82, 2.24) is 0 Å². The van der Waals surface area contributed by atoms with Gasteiger partial charge in [0.05, 0.1) is 34.4 Å². The molecule has 9 heteroatoms. The standard InChI is InChI=1S/C68H117NO8/c1-6-8-10-12-14-16-18-20-22-24-26-28-29-30-31-32-33-34-35-36-37-39-41-43-45-47-49-51-53-55-57-59-66(71)77-64(63-76-68(67(72)73)74-61-60-69(3,4)5)62-75-65(70)58-56-54-52-50-48-46-44-42-40-38-27-25-23-21-19-17-15-13-11-9-7-2/h8,10,14,16,20,22,25-28,30-31,33-34,36-37,64,68H,6-7,9,11-13,15,17-19,21,23-24,29,32,35,38-63H2,1-5H3/p+1/b10-8-,16-14-,22-20-,27-25-,28-26-,31-30-,34-33-,37-36-. The molecule has 0 aliphatic rings. The first kappa shape index (κ1) is 73.2. The molecule has 9 nitrogen and oxygen atoms in total. The summed E-state index contributed by atoms with van der Waals surface area (Å²) in [5.41, 5.74) is 0. The van der Waals surface area contributed by atoms with Gasteiger partial charge in [-0.1, -0.05) is 246 Å². The predicted molar refractivity (Wildman–Crippen MR) is 327 cm³/mol. The zero-order chi connectivity index (χ0) is 56.2. The van der Waals surface area contributed by atoms with Crippen LogP contribution in [0.2, 0.25) is 0 Å². The van der Waals surface area contributed by atoms with E-state index in [1.165, 1.54) is 135 Å². The number of hydrogen-bond acceptors (Lipinski definition) is 7. The molecule has 0 aliphatic carbocycles. The molecule has 0 saturated carbocycles. The fourth-order valence-corrected chi connectivity index (χ4v) is 8.52. The van der Waals surface area contributed by atoms with E-state index in [-0.39, 0.29) is 32.2 Å². The van der Waals surface area contributed by atoms with Gasteiger partial charge in [-0.3, -0.25) is 9.59 Å². The Morgan fingerprint density at radius 1 is 0.403 bits per heavy atom. The largest absolute Gasteiger partial charge is 0.477 e. The maximum Gasteiger partial charge on any atom is 0.361 e. The lowest BCUT2D eigenvalue weighted by Crippen LogP contribution is -2.40. The number of quaternary nitrogens is 1. The van der Waals surface area contributed by atoms with Gasteiger partial charge >= 0.3 is 17.9 Å². The van der Waals surface area contributed by atoms with Gasteiger partial charge in [-0.05, 0) is 96.3 Å². The average molecular weight is 1080 g/mol. The minimum Gasteiger partial charge on any atom is -0.477 e. The predicted octanol–water partition coefficient (Wildman–Crippen LogP) is 18.9. The first-order valence-electron chi connectivity index (χ1n) is 31.4. The van der Waals surface area contributed by atoms with Crippen LogP contribution >= 0.6 is 0 Å². The first-order valence-corrected chi connectivity index (χ1v) is 31.4. The number of allylic oxidation sites excluding steroid dienone is 16. The molecule has 1 N–H and O–H groups in total. The summed E-state index contributed by atoms with van der Waals surface area (Å²) in [5, 5.41) is 9.72. The number of carbonyl (C=O) groups excluding carboxylic acids is 2. The highest BCUT2D eigenvalue weighted by Gasteiger charge is 2.25. The third-order valence-electron chi connectivity index (χ3n) is 13.3. The number of nitrogens with zero attached hydrogens (tertiary/aromatic N) is 1. The second-order valence-corrected chi connectivity index (χ2v) is 22.0. The summed E-state index contributed by atoms with van der Waals surface area (Å²) < 4.78 is 22.9. The Hall–Kier alpha value is -3.79.